The van der Waals surface area contributed by atoms with E-state index in [9.17, 15) is 24.9 Å². The SMILES string of the molecule is N#Cc1nc2c3ccc4c5c(ccc(c(=O)n2c1C#N)c53)C(=O)N(c1ccccn1)C4=O. The lowest BCUT2D eigenvalue weighted by atomic mass is 9.90. The largest absolute Gasteiger partial charge is 0.268 e. The van der Waals surface area contributed by atoms with Crippen molar-refractivity contribution < 1.29 is 9.59 Å². The van der Waals surface area contributed by atoms with E-state index >= 15 is 0 Å². The molecule has 2 amide bonds. The maximum Gasteiger partial charge on any atom is 0.267 e. The van der Waals surface area contributed by atoms with E-state index < -0.39 is 17.4 Å². The minimum atomic E-state index is -0.554. The van der Waals surface area contributed by atoms with E-state index in [-0.39, 0.29) is 39.4 Å². The Hall–Kier alpha value is -5.15. The van der Waals surface area contributed by atoms with Gasteiger partial charge < -0.3 is 0 Å². The van der Waals surface area contributed by atoms with Crippen molar-refractivity contribution in [1.29, 1.82) is 10.5 Å². The van der Waals surface area contributed by atoms with E-state index in [1.54, 1.807) is 30.3 Å². The number of fused-ring (bicyclic) bond motifs is 2. The molecule has 0 saturated carbocycles. The van der Waals surface area contributed by atoms with Gasteiger partial charge in [-0.15, -0.1) is 0 Å². The zero-order valence-electron chi connectivity index (χ0n) is 16.0. The van der Waals surface area contributed by atoms with Gasteiger partial charge in [-0.05, 0) is 36.4 Å². The zero-order chi connectivity index (χ0) is 22.1. The lowest BCUT2D eigenvalue weighted by Gasteiger charge is -2.27. The summed E-state index contributed by atoms with van der Waals surface area (Å²) in [4.78, 5) is 49.2. The van der Waals surface area contributed by atoms with Crippen molar-refractivity contribution in [2.45, 2.75) is 0 Å². The van der Waals surface area contributed by atoms with Crippen LogP contribution in [0.1, 0.15) is 32.1 Å². The summed E-state index contributed by atoms with van der Waals surface area (Å²) in [7, 11) is 0. The monoisotopic (exact) mass is 416 g/mol. The number of rotatable bonds is 1. The number of aromatic nitrogens is 3. The first kappa shape index (κ1) is 17.7. The molecule has 0 fully saturated rings. The third-order valence-corrected chi connectivity index (χ3v) is 5.67. The standard InChI is InChI=1S/C23H8N6O3/c24-9-15-16(10-25)28-20(27-15)11-4-5-13-19-14(7-6-12(18(11)19)21(28)30)23(32)29(22(13)31)17-3-1-2-8-26-17/h1-8H. The molecule has 2 aromatic carbocycles. The Morgan fingerprint density at radius 1 is 0.812 bits per heavy atom. The van der Waals surface area contributed by atoms with Crippen LogP contribution in [0.25, 0.3) is 27.2 Å². The van der Waals surface area contributed by atoms with Gasteiger partial charge in [-0.3, -0.25) is 14.4 Å². The Kier molecular flexibility index (Phi) is 3.28. The number of nitriles is 2. The molecule has 148 valence electrons. The fraction of sp³-hybridized carbons (Fsp3) is 0. The molecule has 3 aromatic heterocycles. The van der Waals surface area contributed by atoms with Gasteiger partial charge >= 0.3 is 0 Å². The molecule has 0 N–H and O–H groups in total. The van der Waals surface area contributed by atoms with Gasteiger partial charge in [-0.25, -0.2) is 19.3 Å². The van der Waals surface area contributed by atoms with Gasteiger partial charge in [0.05, 0.1) is 0 Å². The van der Waals surface area contributed by atoms with Crippen LogP contribution in [0.5, 0.6) is 0 Å². The number of amides is 2. The predicted molar refractivity (Wildman–Crippen MR) is 112 cm³/mol. The summed E-state index contributed by atoms with van der Waals surface area (Å²) in [5.74, 6) is -0.908. The first-order valence-electron chi connectivity index (χ1n) is 9.44. The molecular formula is C23H8N6O3. The van der Waals surface area contributed by atoms with E-state index in [1.807, 2.05) is 12.1 Å². The van der Waals surface area contributed by atoms with Gasteiger partial charge in [0.1, 0.15) is 23.6 Å². The van der Waals surface area contributed by atoms with Gasteiger partial charge in [0.15, 0.2) is 11.4 Å². The molecule has 1 aliphatic rings. The van der Waals surface area contributed by atoms with Crippen molar-refractivity contribution in [3.8, 4) is 12.1 Å². The van der Waals surface area contributed by atoms with Gasteiger partial charge in [0.25, 0.3) is 17.4 Å². The number of pyridine rings is 2. The lowest BCUT2D eigenvalue weighted by Crippen LogP contribution is -2.41. The highest BCUT2D eigenvalue weighted by Crippen LogP contribution is 2.37. The number of nitrogens with zero attached hydrogens (tertiary/aromatic N) is 6. The summed E-state index contributed by atoms with van der Waals surface area (Å²) in [6, 6.07) is 14.8. The molecule has 0 aliphatic carbocycles. The number of carbonyl (C=O) groups is 2. The fourth-order valence-electron chi connectivity index (χ4n) is 4.34. The number of hydrogen-bond donors (Lipinski definition) is 0. The van der Waals surface area contributed by atoms with Crippen molar-refractivity contribution in [3.05, 3.63) is 81.5 Å². The minimum absolute atomic E-state index is 0.131. The number of benzene rings is 2. The van der Waals surface area contributed by atoms with Crippen LogP contribution >= 0.6 is 0 Å². The summed E-state index contributed by atoms with van der Waals surface area (Å²) in [5, 5.41) is 20.3. The second-order valence-corrected chi connectivity index (χ2v) is 7.20. The smallest absolute Gasteiger partial charge is 0.267 e. The van der Waals surface area contributed by atoms with Crippen LogP contribution in [0.3, 0.4) is 0 Å². The highest BCUT2D eigenvalue weighted by Gasteiger charge is 2.36. The summed E-state index contributed by atoms with van der Waals surface area (Å²) in [6.07, 6.45) is 1.49. The Labute approximate surface area is 178 Å². The van der Waals surface area contributed by atoms with Gasteiger partial charge in [-0.2, -0.15) is 10.5 Å². The molecular weight excluding hydrogens is 408 g/mol. The third-order valence-electron chi connectivity index (χ3n) is 5.67. The molecule has 1 aliphatic heterocycles. The van der Waals surface area contributed by atoms with Crippen molar-refractivity contribution in [2.75, 3.05) is 4.90 Å². The third kappa shape index (κ3) is 1.96. The highest BCUT2D eigenvalue weighted by molar-refractivity contribution is 6.38. The second kappa shape index (κ2) is 5.94. The van der Waals surface area contributed by atoms with Crippen molar-refractivity contribution in [1.82, 2.24) is 14.4 Å². The van der Waals surface area contributed by atoms with E-state index in [4.69, 9.17) is 0 Å². The van der Waals surface area contributed by atoms with Crippen LogP contribution in [-0.2, 0) is 0 Å². The molecule has 9 heteroatoms. The molecule has 0 spiro atoms. The average molecular weight is 416 g/mol. The maximum atomic E-state index is 13.3. The molecule has 5 aromatic rings. The van der Waals surface area contributed by atoms with Gasteiger partial charge in [0.2, 0.25) is 0 Å². The Morgan fingerprint density at radius 3 is 2.16 bits per heavy atom. The van der Waals surface area contributed by atoms with Gasteiger partial charge in [-0.1, -0.05) is 6.07 Å². The maximum absolute atomic E-state index is 13.3. The van der Waals surface area contributed by atoms with Crippen molar-refractivity contribution in [3.63, 3.8) is 0 Å². The predicted octanol–water partition coefficient (Wildman–Crippen LogP) is 2.38. The zero-order valence-corrected chi connectivity index (χ0v) is 16.0. The molecule has 6 rings (SSSR count). The number of hydrogen-bond acceptors (Lipinski definition) is 7. The number of anilines is 1. The Balaban J connectivity index is 1.78. The molecule has 32 heavy (non-hydrogen) atoms. The van der Waals surface area contributed by atoms with E-state index in [0.29, 0.717) is 16.2 Å². The Morgan fingerprint density at radius 2 is 1.53 bits per heavy atom. The number of carbonyl (C=O) groups excluding carboxylic acids is 2. The van der Waals surface area contributed by atoms with E-state index in [2.05, 4.69) is 9.97 Å². The summed E-state index contributed by atoms with van der Waals surface area (Å²) in [6.45, 7) is 0. The normalized spacial score (nSPS) is 13.1. The average Bonchev–Trinajstić information content (AvgIpc) is 3.21. The molecule has 0 bridgehead atoms. The van der Waals surface area contributed by atoms with Gasteiger partial charge in [0, 0.05) is 38.9 Å². The van der Waals surface area contributed by atoms with E-state index in [1.165, 1.54) is 18.3 Å². The Bertz CT molecular complexity index is 1790. The molecule has 0 radical (unpaired) electrons. The minimum Gasteiger partial charge on any atom is -0.268 e. The van der Waals surface area contributed by atoms with E-state index in [0.717, 1.165) is 9.30 Å². The topological polar surface area (TPSA) is 132 Å². The van der Waals surface area contributed by atoms with Crippen LogP contribution < -0.4 is 10.5 Å². The van der Waals surface area contributed by atoms with Crippen LogP contribution in [0, 0.1) is 22.7 Å². The molecule has 0 saturated heterocycles. The summed E-state index contributed by atoms with van der Waals surface area (Å²) < 4.78 is 1.10. The quantitative estimate of drug-likeness (QED) is 0.383. The van der Waals surface area contributed by atoms with Crippen LogP contribution in [0.4, 0.5) is 5.82 Å². The lowest BCUT2D eigenvalue weighted by molar-refractivity contribution is 0.0892. The van der Waals surface area contributed by atoms with Crippen molar-refractivity contribution >= 4 is 44.8 Å². The summed E-state index contributed by atoms with van der Waals surface area (Å²) in [5.41, 5.74) is -0.235. The van der Waals surface area contributed by atoms with Crippen molar-refractivity contribution in [2.24, 2.45) is 0 Å². The highest BCUT2D eigenvalue weighted by atomic mass is 16.2. The molecule has 4 heterocycles. The molecule has 0 atom stereocenters. The van der Waals surface area contributed by atoms with Crippen LogP contribution in [-0.4, -0.2) is 26.2 Å². The number of imidazole rings is 1. The number of imide groups is 1. The van der Waals surface area contributed by atoms with Crippen LogP contribution in [0.2, 0.25) is 0 Å². The first-order valence-corrected chi connectivity index (χ1v) is 9.44. The second-order valence-electron chi connectivity index (χ2n) is 7.20. The summed E-state index contributed by atoms with van der Waals surface area (Å²) >= 11 is 0. The first-order chi connectivity index (χ1) is 15.6. The molecule has 0 unspecified atom stereocenters. The molecule has 9 nitrogen and oxygen atoms in total. The van der Waals surface area contributed by atoms with Crippen LogP contribution in [0.15, 0.2) is 53.5 Å². The fourth-order valence-corrected chi connectivity index (χ4v) is 4.34.